The van der Waals surface area contributed by atoms with Gasteiger partial charge in [0.05, 0.1) is 6.61 Å². The maximum absolute atomic E-state index is 12.7. The minimum atomic E-state index is -0.698. The number of rotatable bonds is 2. The van der Waals surface area contributed by atoms with Crippen LogP contribution in [0.2, 0.25) is 0 Å². The van der Waals surface area contributed by atoms with Gasteiger partial charge in [0.1, 0.15) is 6.42 Å². The van der Waals surface area contributed by atoms with Crippen molar-refractivity contribution in [1.82, 2.24) is 0 Å². The second-order valence-electron chi connectivity index (χ2n) is 2.95. The smallest absolute Gasteiger partial charge is 0.317 e. The molecule has 1 aromatic carbocycles. The van der Waals surface area contributed by atoms with Crippen molar-refractivity contribution >= 4 is 5.97 Å². The summed E-state index contributed by atoms with van der Waals surface area (Å²) in [6, 6.07) is 3.74. The summed E-state index contributed by atoms with van der Waals surface area (Å²) in [5, 5.41) is 9.06. The van der Waals surface area contributed by atoms with Crippen molar-refractivity contribution in [3.8, 4) is 17.6 Å². The molecule has 1 aromatic rings. The molecule has 0 saturated heterocycles. The molecule has 0 amide bonds. The quantitative estimate of drug-likeness (QED) is 0.613. The highest BCUT2D eigenvalue weighted by molar-refractivity contribution is 5.72. The number of halogens is 1. The first-order valence-electron chi connectivity index (χ1n) is 4.76. The van der Waals surface area contributed by atoms with Crippen molar-refractivity contribution in [2.45, 2.75) is 13.3 Å². The van der Waals surface area contributed by atoms with Crippen molar-refractivity contribution < 1.29 is 19.0 Å². The van der Waals surface area contributed by atoms with E-state index < -0.39 is 17.5 Å². The topological polar surface area (TPSA) is 46.5 Å². The fraction of sp³-hybridized carbons (Fsp3) is 0.250. The summed E-state index contributed by atoms with van der Waals surface area (Å²) >= 11 is 0. The minimum absolute atomic E-state index is 0.0218. The summed E-state index contributed by atoms with van der Waals surface area (Å²) in [7, 11) is 0. The van der Waals surface area contributed by atoms with Gasteiger partial charge >= 0.3 is 5.97 Å². The number of aromatic hydroxyl groups is 1. The zero-order valence-electron chi connectivity index (χ0n) is 8.79. The van der Waals surface area contributed by atoms with E-state index >= 15 is 0 Å². The van der Waals surface area contributed by atoms with E-state index in [4.69, 9.17) is 5.11 Å². The van der Waals surface area contributed by atoms with E-state index in [1.165, 1.54) is 12.1 Å². The largest absolute Gasteiger partial charge is 0.505 e. The lowest BCUT2D eigenvalue weighted by Crippen LogP contribution is -2.01. The van der Waals surface area contributed by atoms with Crippen LogP contribution in [-0.4, -0.2) is 17.7 Å². The summed E-state index contributed by atoms with van der Waals surface area (Å²) in [5.41, 5.74) is 0.447. The summed E-state index contributed by atoms with van der Waals surface area (Å²) in [6.07, 6.45) is -0.0218. The van der Waals surface area contributed by atoms with E-state index in [1.54, 1.807) is 6.92 Å². The highest BCUT2D eigenvalue weighted by atomic mass is 19.1. The minimum Gasteiger partial charge on any atom is -0.505 e. The monoisotopic (exact) mass is 222 g/mol. The Bertz CT molecular complexity index is 443. The first-order chi connectivity index (χ1) is 7.63. The van der Waals surface area contributed by atoms with E-state index in [9.17, 15) is 9.18 Å². The van der Waals surface area contributed by atoms with Crippen LogP contribution in [0.3, 0.4) is 0 Å². The van der Waals surface area contributed by atoms with Crippen LogP contribution < -0.4 is 0 Å². The lowest BCUT2D eigenvalue weighted by Gasteiger charge is -1.96. The fourth-order valence-corrected chi connectivity index (χ4v) is 1.02. The summed E-state index contributed by atoms with van der Waals surface area (Å²) in [5.74, 6) is 3.64. The molecule has 0 aliphatic rings. The highest BCUT2D eigenvalue weighted by Crippen LogP contribution is 2.15. The maximum Gasteiger partial charge on any atom is 0.317 e. The van der Waals surface area contributed by atoms with Crippen LogP contribution in [0.15, 0.2) is 18.2 Å². The molecule has 0 unspecified atom stereocenters. The van der Waals surface area contributed by atoms with E-state index in [0.29, 0.717) is 12.2 Å². The van der Waals surface area contributed by atoms with Crippen molar-refractivity contribution in [2.24, 2.45) is 0 Å². The van der Waals surface area contributed by atoms with Gasteiger partial charge in [-0.15, -0.1) is 0 Å². The molecule has 0 heterocycles. The van der Waals surface area contributed by atoms with Gasteiger partial charge in [0.15, 0.2) is 11.6 Å². The number of carbonyl (C=O) groups excluding carboxylic acids is 1. The predicted molar refractivity (Wildman–Crippen MR) is 56.2 cm³/mol. The van der Waals surface area contributed by atoms with Gasteiger partial charge in [-0.2, -0.15) is 0 Å². The van der Waals surface area contributed by atoms with Gasteiger partial charge in [-0.3, -0.25) is 4.79 Å². The normalized spacial score (nSPS) is 9.12. The Morgan fingerprint density at radius 2 is 2.31 bits per heavy atom. The first kappa shape index (κ1) is 12.1. The Morgan fingerprint density at radius 1 is 1.56 bits per heavy atom. The van der Waals surface area contributed by atoms with Gasteiger partial charge in [0.2, 0.25) is 0 Å². The molecule has 0 fully saturated rings. The lowest BCUT2D eigenvalue weighted by atomic mass is 10.2. The Morgan fingerprint density at radius 3 is 2.94 bits per heavy atom. The molecule has 0 bridgehead atoms. The van der Waals surface area contributed by atoms with Crippen LogP contribution in [0.25, 0.3) is 0 Å². The molecule has 0 spiro atoms. The highest BCUT2D eigenvalue weighted by Gasteiger charge is 1.99. The number of carbonyl (C=O) groups is 1. The van der Waals surface area contributed by atoms with E-state index in [-0.39, 0.29) is 6.42 Å². The van der Waals surface area contributed by atoms with Gasteiger partial charge in [-0.1, -0.05) is 11.8 Å². The number of esters is 1. The Balaban J connectivity index is 2.63. The zero-order valence-corrected chi connectivity index (χ0v) is 8.79. The number of benzene rings is 1. The molecule has 0 saturated carbocycles. The molecule has 1 N–H and O–H groups in total. The maximum atomic E-state index is 12.7. The molecule has 0 aromatic heterocycles. The SMILES string of the molecule is CCOC(=O)CC#Cc1ccc(F)c(O)c1. The summed E-state index contributed by atoms with van der Waals surface area (Å²) in [6.45, 7) is 2.03. The molecule has 1 rings (SSSR count). The predicted octanol–water partition coefficient (Wildman–Crippen LogP) is 1.84. The molecule has 0 aliphatic heterocycles. The van der Waals surface area contributed by atoms with Gasteiger partial charge in [0.25, 0.3) is 0 Å². The van der Waals surface area contributed by atoms with Crippen molar-refractivity contribution in [3.63, 3.8) is 0 Å². The molecule has 16 heavy (non-hydrogen) atoms. The molecule has 84 valence electrons. The van der Waals surface area contributed by atoms with E-state index in [2.05, 4.69) is 16.6 Å². The van der Waals surface area contributed by atoms with Gasteiger partial charge in [-0.05, 0) is 25.1 Å². The van der Waals surface area contributed by atoms with Crippen LogP contribution in [0.4, 0.5) is 4.39 Å². The third-order valence-electron chi connectivity index (χ3n) is 1.72. The number of hydrogen-bond acceptors (Lipinski definition) is 3. The van der Waals surface area contributed by atoms with Gasteiger partial charge < -0.3 is 9.84 Å². The van der Waals surface area contributed by atoms with Crippen LogP contribution in [0.5, 0.6) is 5.75 Å². The standard InChI is InChI=1S/C12H11FO3/c1-2-16-12(15)5-3-4-9-6-7-10(13)11(14)8-9/h6-8,14H,2,5H2,1H3. The summed E-state index contributed by atoms with van der Waals surface area (Å²) < 4.78 is 17.3. The average Bonchev–Trinajstić information content (AvgIpc) is 2.24. The number of phenols is 1. The second kappa shape index (κ2) is 5.76. The van der Waals surface area contributed by atoms with Crippen LogP contribution >= 0.6 is 0 Å². The Labute approximate surface area is 92.9 Å². The second-order valence-corrected chi connectivity index (χ2v) is 2.95. The number of hydrogen-bond donors (Lipinski definition) is 1. The third-order valence-corrected chi connectivity index (χ3v) is 1.72. The first-order valence-corrected chi connectivity index (χ1v) is 4.76. The van der Waals surface area contributed by atoms with Crippen molar-refractivity contribution in [2.75, 3.05) is 6.61 Å². The van der Waals surface area contributed by atoms with Gasteiger partial charge in [0, 0.05) is 5.56 Å². The average molecular weight is 222 g/mol. The van der Waals surface area contributed by atoms with Crippen LogP contribution in [-0.2, 0) is 9.53 Å². The lowest BCUT2D eigenvalue weighted by molar-refractivity contribution is -0.141. The summed E-state index contributed by atoms with van der Waals surface area (Å²) in [4.78, 5) is 10.9. The van der Waals surface area contributed by atoms with E-state index in [0.717, 1.165) is 6.07 Å². The van der Waals surface area contributed by atoms with Crippen molar-refractivity contribution in [3.05, 3.63) is 29.6 Å². The Hall–Kier alpha value is -2.02. The molecule has 0 aliphatic carbocycles. The van der Waals surface area contributed by atoms with Crippen molar-refractivity contribution in [1.29, 1.82) is 0 Å². The molecule has 4 heteroatoms. The van der Waals surface area contributed by atoms with E-state index in [1.807, 2.05) is 0 Å². The zero-order chi connectivity index (χ0) is 12.0. The fourth-order valence-electron chi connectivity index (χ4n) is 1.02. The molecular formula is C12H11FO3. The number of ether oxygens (including phenoxy) is 1. The molecule has 0 atom stereocenters. The third kappa shape index (κ3) is 3.62. The van der Waals surface area contributed by atoms with Crippen LogP contribution in [0, 0.1) is 17.7 Å². The van der Waals surface area contributed by atoms with Crippen LogP contribution in [0.1, 0.15) is 18.9 Å². The number of phenolic OH excluding ortho intramolecular Hbond substituents is 1. The Kier molecular flexibility index (Phi) is 4.34. The molecular weight excluding hydrogens is 211 g/mol. The van der Waals surface area contributed by atoms with Gasteiger partial charge in [-0.25, -0.2) is 4.39 Å². The molecule has 3 nitrogen and oxygen atoms in total. The molecule has 0 radical (unpaired) electrons.